The first kappa shape index (κ1) is 36.3. The molecule has 1 unspecified atom stereocenters. The number of aliphatic carboxylic acids is 1. The number of anilines is 1. The third kappa shape index (κ3) is 7.94. The lowest BCUT2D eigenvalue weighted by molar-refractivity contribution is -0.143. The maximum absolute atomic E-state index is 13.6. The van der Waals surface area contributed by atoms with Gasteiger partial charge in [0, 0.05) is 29.9 Å². The number of nitrogens with one attached hydrogen (secondary N) is 1. The fraction of sp³-hybridized carbons (Fsp3) is 0.484. The monoisotopic (exact) mass is 686 g/mol. The van der Waals surface area contributed by atoms with Crippen molar-refractivity contribution >= 4 is 23.6 Å². The van der Waals surface area contributed by atoms with Crippen molar-refractivity contribution in [2.24, 2.45) is 10.7 Å². The predicted octanol–water partition coefficient (Wildman–Crippen LogP) is 6.20. The minimum Gasteiger partial charge on any atom is -0.481 e. The second-order valence-electron chi connectivity index (χ2n) is 11.2. The van der Waals surface area contributed by atoms with Crippen molar-refractivity contribution in [2.75, 3.05) is 18.6 Å². The van der Waals surface area contributed by atoms with E-state index in [4.69, 9.17) is 15.2 Å². The molecule has 3 heterocycles. The van der Waals surface area contributed by atoms with E-state index < -0.39 is 60.8 Å². The number of pyridine rings is 1. The molecule has 0 saturated heterocycles. The highest BCUT2D eigenvalue weighted by molar-refractivity contribution is 6.00. The summed E-state index contributed by atoms with van der Waals surface area (Å²) in [5.74, 6) is -0.692. The minimum absolute atomic E-state index is 0.0317. The van der Waals surface area contributed by atoms with Gasteiger partial charge in [-0.05, 0) is 62.9 Å². The molecule has 48 heavy (non-hydrogen) atoms. The Morgan fingerprint density at radius 3 is 2.27 bits per heavy atom. The van der Waals surface area contributed by atoms with Gasteiger partial charge in [-0.2, -0.15) is 26.3 Å². The number of carboxylic acids is 1. The smallest absolute Gasteiger partial charge is 0.416 e. The number of benzene rings is 1. The molecule has 17 heteroatoms. The second kappa shape index (κ2) is 14.3. The van der Waals surface area contributed by atoms with Gasteiger partial charge < -0.3 is 24.8 Å². The van der Waals surface area contributed by atoms with Gasteiger partial charge in [-0.3, -0.25) is 15.4 Å². The number of carbonyl (C=O) groups is 2. The average molecular weight is 687 g/mol. The molecule has 11 nitrogen and oxygen atoms in total. The van der Waals surface area contributed by atoms with E-state index in [0.29, 0.717) is 41.9 Å². The van der Waals surface area contributed by atoms with E-state index in [0.717, 1.165) is 0 Å². The van der Waals surface area contributed by atoms with Crippen LogP contribution in [0.5, 0.6) is 5.88 Å². The second-order valence-corrected chi connectivity index (χ2v) is 11.2. The number of rotatable bonds is 9. The number of carbonyl (C=O) groups excluding carboxylic acids is 1. The van der Waals surface area contributed by atoms with Crippen LogP contribution in [0.15, 0.2) is 46.6 Å². The van der Waals surface area contributed by atoms with E-state index >= 15 is 0 Å². The van der Waals surface area contributed by atoms with Crippen LogP contribution < -0.4 is 20.7 Å². The zero-order valence-electron chi connectivity index (χ0n) is 26.6. The van der Waals surface area contributed by atoms with Gasteiger partial charge >= 0.3 is 24.4 Å². The topological polar surface area (TPSA) is 143 Å². The lowest BCUT2D eigenvalue weighted by atomic mass is 9.93. The van der Waals surface area contributed by atoms with E-state index in [9.17, 15) is 41.0 Å². The third-order valence-electron chi connectivity index (χ3n) is 8.09. The molecule has 1 aromatic heterocycles. The van der Waals surface area contributed by atoms with Gasteiger partial charge in [-0.1, -0.05) is 6.92 Å². The molecular weight excluding hydrogens is 650 g/mol. The zero-order chi connectivity index (χ0) is 35.6. The fourth-order valence-electron chi connectivity index (χ4n) is 5.80. The number of fused-ring (bicyclic) bond motifs is 1. The molecule has 1 aromatic carbocycles. The average Bonchev–Trinajstić information content (AvgIpc) is 3.01. The fourth-order valence-corrected chi connectivity index (χ4v) is 5.80. The van der Waals surface area contributed by atoms with Crippen molar-refractivity contribution < 1.29 is 50.5 Å². The highest BCUT2D eigenvalue weighted by Gasteiger charge is 2.40. The number of amides is 1. The number of aromatic nitrogens is 1. The van der Waals surface area contributed by atoms with Crippen LogP contribution in [-0.4, -0.2) is 58.9 Å². The van der Waals surface area contributed by atoms with Crippen LogP contribution >= 0.6 is 0 Å². The molecule has 4 N–H and O–H groups in total. The Kier molecular flexibility index (Phi) is 10.8. The van der Waals surface area contributed by atoms with Gasteiger partial charge in [0.25, 0.3) is 0 Å². The Labute approximate surface area is 272 Å². The van der Waals surface area contributed by atoms with Gasteiger partial charge in [0.1, 0.15) is 5.84 Å². The maximum Gasteiger partial charge on any atom is 0.416 e. The molecule has 262 valence electrons. The van der Waals surface area contributed by atoms with E-state index in [-0.39, 0.29) is 48.1 Å². The molecule has 3 atom stereocenters. The molecule has 2 aliphatic rings. The van der Waals surface area contributed by atoms with Crippen molar-refractivity contribution in [2.45, 2.75) is 83.7 Å². The number of ether oxygens (including phenoxy) is 2. The molecule has 2 aliphatic heterocycles. The standard InChI is InChI=1S/C31H36F6N6O5/c1-5-20-14-21(26-23(7-9-24(40-26)47-4)43(20)29(46)48-6-2)39-27-16(3)22(8-10-25(44)45)42(28(38)41-27)15-17-11-18(30(32,33)34)13-19(12-17)31(35,36)37/h7,9,11-13,20-21,28H,5-6,8,10,14-15,38H2,1-4H3,(H,39,41)(H,44,45)/t20-,21+,28?/m1/s1. The maximum atomic E-state index is 13.6. The number of aliphatic imine (C=N–C) groups is 1. The molecule has 0 fully saturated rings. The van der Waals surface area contributed by atoms with Crippen molar-refractivity contribution in [3.8, 4) is 5.88 Å². The Morgan fingerprint density at radius 2 is 1.73 bits per heavy atom. The Bertz CT molecular complexity index is 1560. The normalized spacial score (nSPS) is 19.9. The summed E-state index contributed by atoms with van der Waals surface area (Å²) in [6.45, 7) is 4.82. The largest absolute Gasteiger partial charge is 0.481 e. The van der Waals surface area contributed by atoms with Gasteiger partial charge in [0.05, 0.1) is 48.7 Å². The van der Waals surface area contributed by atoms with E-state index in [1.165, 1.54) is 16.9 Å². The molecule has 1 amide bonds. The van der Waals surface area contributed by atoms with Gasteiger partial charge in [0.2, 0.25) is 5.88 Å². The summed E-state index contributed by atoms with van der Waals surface area (Å²) in [6.07, 6.45) is -11.7. The molecule has 0 aliphatic carbocycles. The lowest BCUT2D eigenvalue weighted by Crippen LogP contribution is -2.50. The molecule has 0 bridgehead atoms. The van der Waals surface area contributed by atoms with Crippen LogP contribution in [0.2, 0.25) is 0 Å². The van der Waals surface area contributed by atoms with Crippen LogP contribution in [-0.2, 0) is 28.4 Å². The van der Waals surface area contributed by atoms with Crippen molar-refractivity contribution in [3.63, 3.8) is 0 Å². The minimum atomic E-state index is -5.06. The summed E-state index contributed by atoms with van der Waals surface area (Å²) in [5.41, 5.74) is 4.60. The first-order chi connectivity index (χ1) is 22.5. The molecule has 4 rings (SSSR count). The van der Waals surface area contributed by atoms with E-state index in [1.807, 2.05) is 6.92 Å². The zero-order valence-corrected chi connectivity index (χ0v) is 26.6. The summed E-state index contributed by atoms with van der Waals surface area (Å²) in [7, 11) is 1.43. The van der Waals surface area contributed by atoms with Gasteiger partial charge in [-0.25, -0.2) is 14.8 Å². The number of alkyl halides is 6. The number of allylic oxidation sites excluding steroid dienone is 1. The van der Waals surface area contributed by atoms with E-state index in [1.54, 1.807) is 26.0 Å². The van der Waals surface area contributed by atoms with Crippen molar-refractivity contribution in [3.05, 3.63) is 64.0 Å². The Balaban J connectivity index is 1.75. The van der Waals surface area contributed by atoms with Gasteiger partial charge in [-0.15, -0.1) is 0 Å². The SMILES string of the molecule is CCOC(=O)N1c2ccc(OC)nc2[C@@H](NC2=NC(N)N(Cc3cc(C(F)(F)F)cc(C(F)(F)F)c3)C(CCC(=O)O)=C2C)C[C@H]1CC. The first-order valence-electron chi connectivity index (χ1n) is 15.1. The number of carboxylic acid groups (broad SMARTS) is 1. The third-order valence-corrected chi connectivity index (χ3v) is 8.09. The summed E-state index contributed by atoms with van der Waals surface area (Å²) in [5, 5.41) is 12.7. The van der Waals surface area contributed by atoms with Crippen LogP contribution in [0.4, 0.5) is 36.8 Å². The number of methoxy groups -OCH3 is 1. The molecule has 0 saturated carbocycles. The number of amidine groups is 1. The quantitative estimate of drug-likeness (QED) is 0.263. The predicted molar refractivity (Wildman–Crippen MR) is 162 cm³/mol. The lowest BCUT2D eigenvalue weighted by Gasteiger charge is -2.41. The van der Waals surface area contributed by atoms with Gasteiger partial charge in [0.15, 0.2) is 6.29 Å². The highest BCUT2D eigenvalue weighted by atomic mass is 19.4. The first-order valence-corrected chi connectivity index (χ1v) is 15.1. The number of hydrogen-bond donors (Lipinski definition) is 3. The summed E-state index contributed by atoms with van der Waals surface area (Å²) in [4.78, 5) is 36.4. The number of halogens is 6. The van der Waals surface area contributed by atoms with Crippen molar-refractivity contribution in [1.82, 2.24) is 15.2 Å². The van der Waals surface area contributed by atoms with E-state index in [2.05, 4.69) is 15.3 Å². The Hall–Kier alpha value is -4.54. The molecular formula is C31H36F6N6O5. The van der Waals surface area contributed by atoms with Crippen molar-refractivity contribution in [1.29, 1.82) is 0 Å². The van der Waals surface area contributed by atoms with Crippen LogP contribution in [0, 0.1) is 0 Å². The highest BCUT2D eigenvalue weighted by Crippen LogP contribution is 2.40. The number of hydrogen-bond acceptors (Lipinski definition) is 9. The number of nitrogens with two attached hydrogens (primary N) is 1. The van der Waals surface area contributed by atoms with Crippen LogP contribution in [0.1, 0.15) is 74.9 Å². The Morgan fingerprint density at radius 1 is 1.08 bits per heavy atom. The molecule has 2 aromatic rings. The number of nitrogens with zero attached hydrogens (tertiary/aromatic N) is 4. The van der Waals surface area contributed by atoms with Crippen LogP contribution in [0.25, 0.3) is 0 Å². The molecule has 0 spiro atoms. The molecule has 0 radical (unpaired) electrons. The summed E-state index contributed by atoms with van der Waals surface area (Å²) in [6, 6.07) is 3.60. The summed E-state index contributed by atoms with van der Waals surface area (Å²) >= 11 is 0. The van der Waals surface area contributed by atoms with Crippen LogP contribution in [0.3, 0.4) is 0 Å². The summed E-state index contributed by atoms with van der Waals surface area (Å²) < 4.78 is 92.1.